The van der Waals surface area contributed by atoms with Crippen LogP contribution in [0.1, 0.15) is 27.9 Å². The van der Waals surface area contributed by atoms with Crippen LogP contribution in [0.15, 0.2) is 47.4 Å². The van der Waals surface area contributed by atoms with Gasteiger partial charge in [0.15, 0.2) is 0 Å². The summed E-state index contributed by atoms with van der Waals surface area (Å²) in [7, 11) is 1.97. The lowest BCUT2D eigenvalue weighted by molar-refractivity contribution is -0.137. The first-order valence-electron chi connectivity index (χ1n) is 11.2. The molecular weight excluding hydrogens is 479 g/mol. The second-order valence-corrected chi connectivity index (χ2v) is 9.42. The molecule has 1 saturated heterocycles. The molecule has 3 rings (SSSR count). The summed E-state index contributed by atoms with van der Waals surface area (Å²) in [6.45, 7) is 1.78. The number of hydrogen-bond acceptors (Lipinski definition) is 6. The molecule has 35 heavy (non-hydrogen) atoms. The van der Waals surface area contributed by atoms with Crippen molar-refractivity contribution in [2.75, 3.05) is 38.7 Å². The van der Waals surface area contributed by atoms with Gasteiger partial charge in [0.05, 0.1) is 23.7 Å². The van der Waals surface area contributed by atoms with E-state index >= 15 is 0 Å². The van der Waals surface area contributed by atoms with Crippen molar-refractivity contribution >= 4 is 29.3 Å². The summed E-state index contributed by atoms with van der Waals surface area (Å²) in [6, 6.07) is 10.6. The maximum atomic E-state index is 13.0. The lowest BCUT2D eigenvalue weighted by atomic mass is 9.99. The van der Waals surface area contributed by atoms with E-state index in [-0.39, 0.29) is 29.9 Å². The van der Waals surface area contributed by atoms with Crippen molar-refractivity contribution in [3.05, 3.63) is 59.2 Å². The third-order valence-electron chi connectivity index (χ3n) is 5.92. The Morgan fingerprint density at radius 2 is 1.86 bits per heavy atom. The molecule has 0 bridgehead atoms. The molecule has 0 aliphatic carbocycles. The highest BCUT2D eigenvalue weighted by atomic mass is 32.2. The summed E-state index contributed by atoms with van der Waals surface area (Å²) >= 11 is 1.68. The van der Waals surface area contributed by atoms with Crippen LogP contribution in [0, 0.1) is 0 Å². The van der Waals surface area contributed by atoms with Crippen LogP contribution in [0.3, 0.4) is 0 Å². The molecule has 1 heterocycles. The van der Waals surface area contributed by atoms with Crippen LogP contribution in [0.2, 0.25) is 0 Å². The van der Waals surface area contributed by atoms with Crippen molar-refractivity contribution in [3.8, 4) is 0 Å². The number of nitrogens with two attached hydrogens (primary N) is 1. The molecule has 5 N–H and O–H groups in total. The quantitative estimate of drug-likeness (QED) is 0.323. The van der Waals surface area contributed by atoms with Crippen LogP contribution in [-0.4, -0.2) is 61.7 Å². The number of thioether (sulfide) groups is 1. The first kappa shape index (κ1) is 26.8. The third-order valence-corrected chi connectivity index (χ3v) is 6.67. The largest absolute Gasteiger partial charge is 0.416 e. The number of benzene rings is 2. The molecule has 2 atom stereocenters. The van der Waals surface area contributed by atoms with E-state index in [1.165, 1.54) is 4.90 Å². The minimum absolute atomic E-state index is 0.0326. The normalized spacial score (nSPS) is 18.8. The number of carbonyl (C=O) groups excluding carboxylic acids is 2. The second-order valence-electron chi connectivity index (χ2n) is 8.54. The van der Waals surface area contributed by atoms with Crippen LogP contribution in [0.25, 0.3) is 0 Å². The Hall–Kier alpha value is -2.76. The van der Waals surface area contributed by atoms with E-state index in [9.17, 15) is 22.8 Å². The fraction of sp³-hybridized carbons (Fsp3) is 0.417. The molecule has 0 saturated carbocycles. The third kappa shape index (κ3) is 7.61. The fourth-order valence-corrected chi connectivity index (χ4v) is 4.35. The fourth-order valence-electron chi connectivity index (χ4n) is 3.94. The number of amides is 2. The van der Waals surface area contributed by atoms with Gasteiger partial charge in [-0.15, -0.1) is 11.8 Å². The van der Waals surface area contributed by atoms with Gasteiger partial charge in [-0.25, -0.2) is 0 Å². The summed E-state index contributed by atoms with van der Waals surface area (Å²) in [5.41, 5.74) is 5.41. The minimum atomic E-state index is -4.61. The zero-order valence-corrected chi connectivity index (χ0v) is 20.4. The van der Waals surface area contributed by atoms with E-state index in [1.807, 2.05) is 13.3 Å². The second kappa shape index (κ2) is 11.8. The number of piperidine rings is 1. The molecule has 0 radical (unpaired) electrons. The average Bonchev–Trinajstić information content (AvgIpc) is 2.82. The smallest absolute Gasteiger partial charge is 0.398 e. The maximum absolute atomic E-state index is 13.0. The van der Waals surface area contributed by atoms with Gasteiger partial charge in [0, 0.05) is 29.7 Å². The van der Waals surface area contributed by atoms with E-state index in [0.717, 1.165) is 30.7 Å². The SMILES string of the molecule is CSc1ccc(CN[C@H]2CCN(C)C[C@H]2NC(=O)CNC(=O)c2cc(C(F)(F)F)ccc2N)cc1. The van der Waals surface area contributed by atoms with Crippen molar-refractivity contribution in [3.63, 3.8) is 0 Å². The number of anilines is 1. The number of rotatable bonds is 8. The van der Waals surface area contributed by atoms with E-state index in [2.05, 4.69) is 45.1 Å². The Kier molecular flexibility index (Phi) is 9.03. The molecule has 7 nitrogen and oxygen atoms in total. The summed E-state index contributed by atoms with van der Waals surface area (Å²) < 4.78 is 38.9. The van der Waals surface area contributed by atoms with Crippen LogP contribution in [0.4, 0.5) is 18.9 Å². The molecule has 2 aromatic rings. The predicted molar refractivity (Wildman–Crippen MR) is 131 cm³/mol. The summed E-state index contributed by atoms with van der Waals surface area (Å²) in [5.74, 6) is -1.27. The molecule has 0 spiro atoms. The van der Waals surface area contributed by atoms with Crippen LogP contribution >= 0.6 is 11.8 Å². The standard InChI is InChI=1S/C24H30F3N5O2S/c1-32-10-9-20(29-12-15-3-6-17(35-2)7-4-15)21(14-32)31-22(33)13-30-23(34)18-11-16(24(25,26)27)5-8-19(18)28/h3-8,11,20-21,29H,9-10,12-14,28H2,1-2H3,(H,30,34)(H,31,33)/t20-,21+/m0/s1. The number of likely N-dealkylation sites (N-methyl/N-ethyl adjacent to an activating group) is 1. The van der Waals surface area contributed by atoms with Gasteiger partial charge in [0.1, 0.15) is 0 Å². The zero-order chi connectivity index (χ0) is 25.6. The van der Waals surface area contributed by atoms with Gasteiger partial charge in [-0.05, 0) is 62.2 Å². The molecule has 1 fully saturated rings. The van der Waals surface area contributed by atoms with Gasteiger partial charge in [0.25, 0.3) is 5.91 Å². The lowest BCUT2D eigenvalue weighted by Gasteiger charge is -2.37. The Morgan fingerprint density at radius 3 is 2.51 bits per heavy atom. The monoisotopic (exact) mass is 509 g/mol. The number of nitrogens with one attached hydrogen (secondary N) is 3. The van der Waals surface area contributed by atoms with Crippen molar-refractivity contribution in [1.29, 1.82) is 0 Å². The predicted octanol–water partition coefficient (Wildman–Crippen LogP) is 2.72. The van der Waals surface area contributed by atoms with Gasteiger partial charge < -0.3 is 26.6 Å². The van der Waals surface area contributed by atoms with E-state index < -0.39 is 23.6 Å². The number of hydrogen-bond donors (Lipinski definition) is 4. The Bertz CT molecular complexity index is 1030. The highest BCUT2D eigenvalue weighted by Gasteiger charge is 2.32. The summed E-state index contributed by atoms with van der Waals surface area (Å²) in [4.78, 5) is 28.3. The highest BCUT2D eigenvalue weighted by molar-refractivity contribution is 7.98. The first-order chi connectivity index (χ1) is 16.6. The average molecular weight is 510 g/mol. The van der Waals surface area contributed by atoms with E-state index in [4.69, 9.17) is 5.73 Å². The number of halogens is 3. The maximum Gasteiger partial charge on any atom is 0.416 e. The summed E-state index contributed by atoms with van der Waals surface area (Å²) in [5, 5.41) is 8.82. The van der Waals surface area contributed by atoms with Gasteiger partial charge in [-0.1, -0.05) is 12.1 Å². The Morgan fingerprint density at radius 1 is 1.14 bits per heavy atom. The molecule has 0 unspecified atom stereocenters. The van der Waals surface area contributed by atoms with E-state index in [1.54, 1.807) is 11.8 Å². The zero-order valence-electron chi connectivity index (χ0n) is 19.6. The number of likely N-dealkylation sites (tertiary alicyclic amines) is 1. The van der Waals surface area contributed by atoms with Crippen molar-refractivity contribution in [2.24, 2.45) is 0 Å². The number of alkyl halides is 3. The molecule has 190 valence electrons. The summed E-state index contributed by atoms with van der Waals surface area (Å²) in [6.07, 6.45) is -1.75. The van der Waals surface area contributed by atoms with Gasteiger partial charge in [0.2, 0.25) is 5.91 Å². The van der Waals surface area contributed by atoms with Crippen LogP contribution in [0.5, 0.6) is 0 Å². The van der Waals surface area contributed by atoms with Gasteiger partial charge in [-0.2, -0.15) is 13.2 Å². The minimum Gasteiger partial charge on any atom is -0.398 e. The van der Waals surface area contributed by atoms with Gasteiger partial charge >= 0.3 is 6.18 Å². The molecular formula is C24H30F3N5O2S. The van der Waals surface area contributed by atoms with Gasteiger partial charge in [-0.3, -0.25) is 9.59 Å². The van der Waals surface area contributed by atoms with Crippen LogP contribution in [-0.2, 0) is 17.5 Å². The number of nitrogen functional groups attached to an aromatic ring is 1. The number of nitrogens with zero attached hydrogens (tertiary/aromatic N) is 1. The highest BCUT2D eigenvalue weighted by Crippen LogP contribution is 2.31. The van der Waals surface area contributed by atoms with E-state index in [0.29, 0.717) is 19.2 Å². The molecule has 1 aliphatic heterocycles. The van der Waals surface area contributed by atoms with Crippen molar-refractivity contribution in [1.82, 2.24) is 20.9 Å². The topological polar surface area (TPSA) is 99.5 Å². The molecule has 0 aromatic heterocycles. The molecule has 2 aromatic carbocycles. The molecule has 2 amide bonds. The van der Waals surface area contributed by atoms with Crippen LogP contribution < -0.4 is 21.7 Å². The van der Waals surface area contributed by atoms with Crippen molar-refractivity contribution < 1.29 is 22.8 Å². The Labute approximate surface area is 207 Å². The lowest BCUT2D eigenvalue weighted by Crippen LogP contribution is -2.59. The Balaban J connectivity index is 1.56. The molecule has 1 aliphatic rings. The van der Waals surface area contributed by atoms with Crippen molar-refractivity contribution in [2.45, 2.75) is 36.1 Å². The number of carbonyl (C=O) groups is 2. The molecule has 11 heteroatoms. The first-order valence-corrected chi connectivity index (χ1v) is 12.4.